The lowest BCUT2D eigenvalue weighted by molar-refractivity contribution is 0.250. The normalized spacial score (nSPS) is 32.2. The minimum absolute atomic E-state index is 0.396. The van der Waals surface area contributed by atoms with Crippen LogP contribution in [0, 0.1) is 0 Å². The van der Waals surface area contributed by atoms with E-state index in [0.29, 0.717) is 18.1 Å². The molecule has 0 bridgehead atoms. The number of fused-ring (bicyclic) bond motifs is 1. The van der Waals surface area contributed by atoms with Crippen LogP contribution < -0.4 is 11.1 Å². The summed E-state index contributed by atoms with van der Waals surface area (Å²) in [5, 5.41) is 3.26. The summed E-state index contributed by atoms with van der Waals surface area (Å²) in [4.78, 5) is 2.24. The molecule has 0 aromatic carbocycles. The first-order valence-corrected chi connectivity index (χ1v) is 4.38. The van der Waals surface area contributed by atoms with Gasteiger partial charge in [-0.3, -0.25) is 0 Å². The molecule has 2 heterocycles. The molecule has 0 amide bonds. The van der Waals surface area contributed by atoms with E-state index in [0.717, 1.165) is 5.82 Å². The van der Waals surface area contributed by atoms with Crippen LogP contribution in [0.4, 0.5) is 0 Å². The van der Waals surface area contributed by atoms with Crippen molar-refractivity contribution in [1.82, 2.24) is 10.2 Å². The summed E-state index contributed by atoms with van der Waals surface area (Å²) < 4.78 is 0. The van der Waals surface area contributed by atoms with Gasteiger partial charge in [0.15, 0.2) is 0 Å². The molecular formula is C9H15N3. The highest BCUT2D eigenvalue weighted by Crippen LogP contribution is 2.25. The van der Waals surface area contributed by atoms with Crippen LogP contribution in [0.3, 0.4) is 0 Å². The van der Waals surface area contributed by atoms with Crippen molar-refractivity contribution in [3.8, 4) is 0 Å². The predicted molar refractivity (Wildman–Crippen MR) is 49.1 cm³/mol. The SMILES string of the molecule is CC(C)N1C(N)=CC2NC=CC21. The van der Waals surface area contributed by atoms with Gasteiger partial charge >= 0.3 is 0 Å². The highest BCUT2D eigenvalue weighted by atomic mass is 15.3. The molecule has 0 fully saturated rings. The van der Waals surface area contributed by atoms with Gasteiger partial charge in [0.2, 0.25) is 0 Å². The third-order valence-corrected chi connectivity index (χ3v) is 2.48. The average molecular weight is 165 g/mol. The van der Waals surface area contributed by atoms with E-state index in [4.69, 9.17) is 5.73 Å². The van der Waals surface area contributed by atoms with Gasteiger partial charge in [-0.2, -0.15) is 0 Å². The molecule has 2 aliphatic heterocycles. The van der Waals surface area contributed by atoms with E-state index in [9.17, 15) is 0 Å². The fraction of sp³-hybridized carbons (Fsp3) is 0.556. The van der Waals surface area contributed by atoms with Crippen LogP contribution in [-0.2, 0) is 0 Å². The fourth-order valence-corrected chi connectivity index (χ4v) is 1.98. The lowest BCUT2D eigenvalue weighted by Crippen LogP contribution is -2.41. The largest absolute Gasteiger partial charge is 0.386 e. The van der Waals surface area contributed by atoms with Gasteiger partial charge in [-0.15, -0.1) is 0 Å². The molecule has 0 spiro atoms. The molecule has 12 heavy (non-hydrogen) atoms. The molecule has 3 heteroatoms. The first-order chi connectivity index (χ1) is 5.70. The zero-order valence-electron chi connectivity index (χ0n) is 7.49. The Morgan fingerprint density at radius 3 is 3.00 bits per heavy atom. The molecule has 3 nitrogen and oxygen atoms in total. The molecule has 2 rings (SSSR count). The predicted octanol–water partition coefficient (Wildman–Crippen LogP) is 0.365. The van der Waals surface area contributed by atoms with Crippen molar-refractivity contribution >= 4 is 0 Å². The minimum Gasteiger partial charge on any atom is -0.386 e. The summed E-state index contributed by atoms with van der Waals surface area (Å²) >= 11 is 0. The topological polar surface area (TPSA) is 41.3 Å². The van der Waals surface area contributed by atoms with Gasteiger partial charge in [0, 0.05) is 6.04 Å². The maximum absolute atomic E-state index is 5.88. The van der Waals surface area contributed by atoms with Gasteiger partial charge in [-0.25, -0.2) is 0 Å². The second-order valence-corrected chi connectivity index (χ2v) is 3.63. The Morgan fingerprint density at radius 2 is 2.33 bits per heavy atom. The number of nitrogens with zero attached hydrogens (tertiary/aromatic N) is 1. The Kier molecular flexibility index (Phi) is 1.53. The summed E-state index contributed by atoms with van der Waals surface area (Å²) in [6.45, 7) is 4.32. The van der Waals surface area contributed by atoms with Crippen molar-refractivity contribution in [2.45, 2.75) is 32.0 Å². The van der Waals surface area contributed by atoms with Crippen molar-refractivity contribution in [3.63, 3.8) is 0 Å². The summed E-state index contributed by atoms with van der Waals surface area (Å²) in [5.74, 6) is 0.900. The molecule has 0 radical (unpaired) electrons. The first kappa shape index (κ1) is 7.53. The third kappa shape index (κ3) is 0.891. The van der Waals surface area contributed by atoms with Crippen LogP contribution in [0.15, 0.2) is 24.2 Å². The van der Waals surface area contributed by atoms with Gasteiger partial charge < -0.3 is 16.0 Å². The number of hydrogen-bond acceptors (Lipinski definition) is 3. The highest BCUT2D eigenvalue weighted by Gasteiger charge is 2.34. The number of rotatable bonds is 1. The van der Waals surface area contributed by atoms with Gasteiger partial charge in [-0.1, -0.05) is 0 Å². The van der Waals surface area contributed by atoms with Crippen molar-refractivity contribution in [1.29, 1.82) is 0 Å². The van der Waals surface area contributed by atoms with Crippen LogP contribution >= 0.6 is 0 Å². The van der Waals surface area contributed by atoms with E-state index < -0.39 is 0 Å². The summed E-state index contributed by atoms with van der Waals surface area (Å²) in [7, 11) is 0. The summed E-state index contributed by atoms with van der Waals surface area (Å²) in [5.41, 5.74) is 5.88. The standard InChI is InChI=1S/C9H15N3/c1-6(2)12-8-3-4-11-7(8)5-9(12)10/h3-8,11H,10H2,1-2H3. The lowest BCUT2D eigenvalue weighted by Gasteiger charge is -2.30. The Bertz CT molecular complexity index is 242. The molecule has 0 aromatic rings. The molecule has 2 atom stereocenters. The van der Waals surface area contributed by atoms with Gasteiger partial charge in [0.05, 0.1) is 17.9 Å². The maximum Gasteiger partial charge on any atom is 0.0975 e. The number of nitrogens with one attached hydrogen (secondary N) is 1. The zero-order chi connectivity index (χ0) is 8.72. The Balaban J connectivity index is 2.22. The summed E-state index contributed by atoms with van der Waals surface area (Å²) in [6.07, 6.45) is 6.26. The van der Waals surface area contributed by atoms with Crippen molar-refractivity contribution < 1.29 is 0 Å². The molecule has 66 valence electrons. The second-order valence-electron chi connectivity index (χ2n) is 3.63. The van der Waals surface area contributed by atoms with Crippen molar-refractivity contribution in [2.24, 2.45) is 5.73 Å². The monoisotopic (exact) mass is 165 g/mol. The maximum atomic E-state index is 5.88. The smallest absolute Gasteiger partial charge is 0.0975 e. The quantitative estimate of drug-likeness (QED) is 0.589. The molecule has 2 unspecified atom stereocenters. The number of hydrogen-bond donors (Lipinski definition) is 2. The zero-order valence-corrected chi connectivity index (χ0v) is 7.49. The van der Waals surface area contributed by atoms with Gasteiger partial charge in [0.25, 0.3) is 0 Å². The molecule has 3 N–H and O–H groups in total. The summed E-state index contributed by atoms with van der Waals surface area (Å²) in [6, 6.07) is 1.30. The van der Waals surface area contributed by atoms with E-state index in [-0.39, 0.29) is 0 Å². The lowest BCUT2D eigenvalue weighted by atomic mass is 10.1. The molecule has 0 aliphatic carbocycles. The van der Waals surface area contributed by atoms with Crippen LogP contribution in [0.2, 0.25) is 0 Å². The molecule has 0 saturated carbocycles. The van der Waals surface area contributed by atoms with E-state index in [2.05, 4.69) is 36.2 Å². The van der Waals surface area contributed by atoms with Crippen LogP contribution in [-0.4, -0.2) is 23.0 Å². The van der Waals surface area contributed by atoms with Crippen molar-refractivity contribution in [3.05, 3.63) is 24.2 Å². The van der Waals surface area contributed by atoms with Crippen molar-refractivity contribution in [2.75, 3.05) is 0 Å². The Labute approximate surface area is 72.9 Å². The van der Waals surface area contributed by atoms with E-state index in [1.54, 1.807) is 0 Å². The average Bonchev–Trinajstić information content (AvgIpc) is 2.44. The highest BCUT2D eigenvalue weighted by molar-refractivity contribution is 5.26. The van der Waals surface area contributed by atoms with Gasteiger partial charge in [-0.05, 0) is 32.2 Å². The first-order valence-electron chi connectivity index (χ1n) is 4.38. The third-order valence-electron chi connectivity index (χ3n) is 2.48. The Hall–Kier alpha value is -1.12. The fourth-order valence-electron chi connectivity index (χ4n) is 1.98. The van der Waals surface area contributed by atoms with Crippen LogP contribution in [0.5, 0.6) is 0 Å². The molecule has 0 saturated heterocycles. The van der Waals surface area contributed by atoms with E-state index >= 15 is 0 Å². The van der Waals surface area contributed by atoms with Gasteiger partial charge in [0.1, 0.15) is 0 Å². The van der Waals surface area contributed by atoms with E-state index in [1.807, 2.05) is 6.20 Å². The number of nitrogens with two attached hydrogens (primary N) is 1. The van der Waals surface area contributed by atoms with E-state index in [1.165, 1.54) is 0 Å². The second kappa shape index (κ2) is 2.44. The molecule has 0 aromatic heterocycles. The van der Waals surface area contributed by atoms with Crippen LogP contribution in [0.1, 0.15) is 13.8 Å². The minimum atomic E-state index is 0.396. The Morgan fingerprint density at radius 1 is 1.58 bits per heavy atom. The van der Waals surface area contributed by atoms with Crippen LogP contribution in [0.25, 0.3) is 0 Å². The molecular weight excluding hydrogens is 150 g/mol. The molecule has 2 aliphatic rings.